The molecule has 1 heterocycles. The molecule has 1 aliphatic rings. The zero-order chi connectivity index (χ0) is 16.3. The van der Waals surface area contributed by atoms with Gasteiger partial charge in [0.2, 0.25) is 10.0 Å². The van der Waals surface area contributed by atoms with Crippen molar-refractivity contribution in [1.82, 2.24) is 5.32 Å². The maximum absolute atomic E-state index is 12.0. The lowest BCUT2D eigenvalue weighted by Gasteiger charge is -2.29. The van der Waals surface area contributed by atoms with Gasteiger partial charge in [0.1, 0.15) is 6.54 Å². The minimum absolute atomic E-state index is 0.206. The van der Waals surface area contributed by atoms with Gasteiger partial charge in [0.05, 0.1) is 19.1 Å². The number of fused-ring (bicyclic) bond motifs is 1. The van der Waals surface area contributed by atoms with Crippen LogP contribution in [0.5, 0.6) is 0 Å². The summed E-state index contributed by atoms with van der Waals surface area (Å²) in [6.45, 7) is 0.238. The van der Waals surface area contributed by atoms with E-state index in [1.54, 1.807) is 18.2 Å². The molecule has 0 radical (unpaired) electrons. The molecule has 8 heteroatoms. The fraction of sp³-hybridized carbons (Fsp3) is 0.429. The largest absolute Gasteiger partial charge is 0.468 e. The fourth-order valence-electron chi connectivity index (χ4n) is 2.38. The average molecular weight is 326 g/mol. The summed E-state index contributed by atoms with van der Waals surface area (Å²) < 4.78 is 29.3. The molecule has 0 aromatic heterocycles. The Bertz CT molecular complexity index is 699. The van der Waals surface area contributed by atoms with E-state index in [0.29, 0.717) is 30.6 Å². The van der Waals surface area contributed by atoms with Gasteiger partial charge < -0.3 is 10.1 Å². The maximum Gasteiger partial charge on any atom is 0.325 e. The smallest absolute Gasteiger partial charge is 0.325 e. The van der Waals surface area contributed by atoms with Crippen molar-refractivity contribution in [2.75, 3.05) is 30.8 Å². The number of carbonyl (C=O) groups is 2. The van der Waals surface area contributed by atoms with Crippen molar-refractivity contribution in [3.05, 3.63) is 29.3 Å². The van der Waals surface area contributed by atoms with Crippen LogP contribution in [0.3, 0.4) is 0 Å². The van der Waals surface area contributed by atoms with Crippen LogP contribution in [0.25, 0.3) is 0 Å². The van der Waals surface area contributed by atoms with Gasteiger partial charge >= 0.3 is 5.97 Å². The molecule has 1 aliphatic heterocycles. The lowest BCUT2D eigenvalue weighted by molar-refractivity contribution is -0.139. The third-order valence-electron chi connectivity index (χ3n) is 3.44. The van der Waals surface area contributed by atoms with Crippen molar-refractivity contribution in [3.63, 3.8) is 0 Å². The van der Waals surface area contributed by atoms with E-state index in [0.717, 1.165) is 5.56 Å². The Balaban J connectivity index is 2.21. The number of aryl methyl sites for hydroxylation is 1. The standard InChI is InChI=1S/C14H18N2O5S/c1-21-13(17)9-15-14(18)11-5-6-12-10(8-11)4-3-7-16(12)22(2,19)20/h5-6,8H,3-4,7,9H2,1-2H3,(H,15,18). The fourth-order valence-corrected chi connectivity index (χ4v) is 3.37. The number of nitrogens with zero attached hydrogens (tertiary/aromatic N) is 1. The van der Waals surface area contributed by atoms with Crippen LogP contribution in [0.15, 0.2) is 18.2 Å². The molecule has 0 atom stereocenters. The third kappa shape index (κ3) is 3.56. The Morgan fingerprint density at radius 3 is 2.73 bits per heavy atom. The Morgan fingerprint density at radius 1 is 1.36 bits per heavy atom. The zero-order valence-corrected chi connectivity index (χ0v) is 13.3. The number of hydrogen-bond donors (Lipinski definition) is 1. The van der Waals surface area contributed by atoms with E-state index in [9.17, 15) is 18.0 Å². The normalized spacial score (nSPS) is 14.2. The van der Waals surface area contributed by atoms with Crippen LogP contribution >= 0.6 is 0 Å². The number of anilines is 1. The molecule has 0 saturated carbocycles. The highest BCUT2D eigenvalue weighted by molar-refractivity contribution is 7.92. The van der Waals surface area contributed by atoms with E-state index >= 15 is 0 Å². The average Bonchev–Trinajstić information content (AvgIpc) is 2.50. The van der Waals surface area contributed by atoms with E-state index in [1.807, 2.05) is 0 Å². The molecule has 0 aliphatic carbocycles. The Morgan fingerprint density at radius 2 is 2.09 bits per heavy atom. The molecular weight excluding hydrogens is 308 g/mol. The predicted molar refractivity (Wildman–Crippen MR) is 81.3 cm³/mol. The first kappa shape index (κ1) is 16.3. The highest BCUT2D eigenvalue weighted by Crippen LogP contribution is 2.29. The van der Waals surface area contributed by atoms with Crippen molar-refractivity contribution in [3.8, 4) is 0 Å². The monoisotopic (exact) mass is 326 g/mol. The number of esters is 1. The van der Waals surface area contributed by atoms with E-state index in [2.05, 4.69) is 10.1 Å². The third-order valence-corrected chi connectivity index (χ3v) is 4.62. The van der Waals surface area contributed by atoms with Crippen molar-refractivity contribution in [1.29, 1.82) is 0 Å². The van der Waals surface area contributed by atoms with Crippen LogP contribution in [-0.2, 0) is 26.0 Å². The van der Waals surface area contributed by atoms with Gasteiger partial charge in [-0.25, -0.2) is 8.42 Å². The Kier molecular flexibility index (Phi) is 4.70. The van der Waals surface area contributed by atoms with Crippen molar-refractivity contribution >= 4 is 27.6 Å². The number of rotatable bonds is 4. The summed E-state index contributed by atoms with van der Waals surface area (Å²) in [5, 5.41) is 2.45. The quantitative estimate of drug-likeness (QED) is 0.804. The van der Waals surface area contributed by atoms with E-state index in [1.165, 1.54) is 17.7 Å². The van der Waals surface area contributed by atoms with Gasteiger partial charge in [-0.1, -0.05) is 0 Å². The van der Waals surface area contributed by atoms with Gasteiger partial charge in [0.15, 0.2) is 0 Å². The molecule has 0 unspecified atom stereocenters. The van der Waals surface area contributed by atoms with E-state index in [-0.39, 0.29) is 6.54 Å². The SMILES string of the molecule is COC(=O)CNC(=O)c1ccc2c(c1)CCCN2S(C)(=O)=O. The Hall–Kier alpha value is -2.09. The molecule has 22 heavy (non-hydrogen) atoms. The highest BCUT2D eigenvalue weighted by atomic mass is 32.2. The first-order valence-corrected chi connectivity index (χ1v) is 8.63. The zero-order valence-electron chi connectivity index (χ0n) is 12.5. The van der Waals surface area contributed by atoms with E-state index < -0.39 is 21.9 Å². The summed E-state index contributed by atoms with van der Waals surface area (Å²) >= 11 is 0. The molecule has 0 bridgehead atoms. The summed E-state index contributed by atoms with van der Waals surface area (Å²) in [6.07, 6.45) is 2.58. The number of hydrogen-bond acceptors (Lipinski definition) is 5. The van der Waals surface area contributed by atoms with Crippen molar-refractivity contribution in [2.45, 2.75) is 12.8 Å². The maximum atomic E-state index is 12.0. The number of carbonyl (C=O) groups excluding carboxylic acids is 2. The minimum Gasteiger partial charge on any atom is -0.468 e. The summed E-state index contributed by atoms with van der Waals surface area (Å²) in [4.78, 5) is 23.0. The number of methoxy groups -OCH3 is 1. The Labute approximate surface area is 129 Å². The number of benzene rings is 1. The van der Waals surface area contributed by atoms with Gasteiger partial charge in [0.25, 0.3) is 5.91 Å². The molecule has 0 saturated heterocycles. The summed E-state index contributed by atoms with van der Waals surface area (Å²) in [7, 11) is -2.08. The van der Waals surface area contributed by atoms with Crippen LogP contribution in [-0.4, -0.2) is 46.7 Å². The number of amides is 1. The molecule has 0 spiro atoms. The van der Waals surface area contributed by atoms with Crippen molar-refractivity contribution in [2.24, 2.45) is 0 Å². The predicted octanol–water partition coefficient (Wildman–Crippen LogP) is 0.302. The molecule has 1 amide bonds. The van der Waals surface area contributed by atoms with Gasteiger partial charge in [-0.15, -0.1) is 0 Å². The second-order valence-corrected chi connectivity index (χ2v) is 6.95. The summed E-state index contributed by atoms with van der Waals surface area (Å²) in [5.74, 6) is -0.931. The number of sulfonamides is 1. The van der Waals surface area contributed by atoms with Crippen molar-refractivity contribution < 1.29 is 22.7 Å². The summed E-state index contributed by atoms with van der Waals surface area (Å²) in [5.41, 5.74) is 1.80. The second-order valence-electron chi connectivity index (χ2n) is 5.04. The molecule has 1 aromatic rings. The molecular formula is C14H18N2O5S. The molecule has 0 fully saturated rings. The van der Waals surface area contributed by atoms with Gasteiger partial charge in [-0.05, 0) is 36.6 Å². The molecule has 1 aromatic carbocycles. The van der Waals surface area contributed by atoms with Gasteiger partial charge in [-0.2, -0.15) is 0 Å². The number of ether oxygens (including phenoxy) is 1. The van der Waals surface area contributed by atoms with Crippen LogP contribution in [0.4, 0.5) is 5.69 Å². The lowest BCUT2D eigenvalue weighted by Crippen LogP contribution is -2.35. The first-order valence-electron chi connectivity index (χ1n) is 6.78. The molecule has 1 N–H and O–H groups in total. The van der Waals surface area contributed by atoms with Crippen LogP contribution < -0.4 is 9.62 Å². The molecule has 2 rings (SSSR count). The van der Waals surface area contributed by atoms with Gasteiger partial charge in [0, 0.05) is 12.1 Å². The molecule has 120 valence electrons. The van der Waals surface area contributed by atoms with Crippen LogP contribution in [0.1, 0.15) is 22.3 Å². The van der Waals surface area contributed by atoms with Crippen LogP contribution in [0.2, 0.25) is 0 Å². The second kappa shape index (κ2) is 6.35. The summed E-state index contributed by atoms with van der Waals surface area (Å²) in [6, 6.07) is 4.84. The molecule has 7 nitrogen and oxygen atoms in total. The first-order chi connectivity index (χ1) is 10.3. The lowest BCUT2D eigenvalue weighted by atomic mass is 10.0. The minimum atomic E-state index is -3.33. The highest BCUT2D eigenvalue weighted by Gasteiger charge is 2.24. The van der Waals surface area contributed by atoms with Crippen LogP contribution in [0, 0.1) is 0 Å². The number of nitrogens with one attached hydrogen (secondary N) is 1. The topological polar surface area (TPSA) is 92.8 Å². The van der Waals surface area contributed by atoms with Gasteiger partial charge in [-0.3, -0.25) is 13.9 Å². The van der Waals surface area contributed by atoms with E-state index in [4.69, 9.17) is 0 Å².